The van der Waals surface area contributed by atoms with Gasteiger partial charge in [-0.1, -0.05) is 30.3 Å². The number of rotatable bonds is 7. The predicted molar refractivity (Wildman–Crippen MR) is 120 cm³/mol. The maximum Gasteiger partial charge on any atom is 0.246 e. The first kappa shape index (κ1) is 20.3. The van der Waals surface area contributed by atoms with E-state index in [1.165, 1.54) is 0 Å². The Kier molecular flexibility index (Phi) is 6.08. The van der Waals surface area contributed by atoms with Crippen LogP contribution in [0.25, 0.3) is 17.3 Å². The van der Waals surface area contributed by atoms with Crippen LogP contribution >= 0.6 is 0 Å². The Morgan fingerprint density at radius 1 is 1.13 bits per heavy atom. The van der Waals surface area contributed by atoms with Crippen molar-refractivity contribution < 1.29 is 9.21 Å². The Bertz CT molecular complexity index is 1180. The van der Waals surface area contributed by atoms with E-state index in [1.54, 1.807) is 30.4 Å². The molecule has 0 aliphatic heterocycles. The molecule has 1 aromatic carbocycles. The number of furan rings is 1. The molecule has 6 heteroatoms. The fourth-order valence-electron chi connectivity index (χ4n) is 3.31. The zero-order chi connectivity index (χ0) is 21.6. The molecule has 0 fully saturated rings. The highest BCUT2D eigenvalue weighted by Crippen LogP contribution is 2.23. The van der Waals surface area contributed by atoms with Crippen LogP contribution in [0.5, 0.6) is 0 Å². The summed E-state index contributed by atoms with van der Waals surface area (Å²) in [6, 6.07) is 17.8. The normalized spacial score (nSPS) is 11.2. The van der Waals surface area contributed by atoms with Crippen LogP contribution in [0.15, 0.2) is 83.7 Å². The maximum atomic E-state index is 12.6. The summed E-state index contributed by atoms with van der Waals surface area (Å²) in [7, 11) is 1.76. The Morgan fingerprint density at radius 3 is 2.68 bits per heavy atom. The first-order valence-corrected chi connectivity index (χ1v) is 10.1. The number of carbonyl (C=O) groups excluding carboxylic acids is 1. The van der Waals surface area contributed by atoms with Crippen LogP contribution in [0, 0.1) is 6.92 Å². The lowest BCUT2D eigenvalue weighted by Gasteiger charge is -2.13. The summed E-state index contributed by atoms with van der Waals surface area (Å²) in [6.07, 6.45) is 8.84. The molecule has 4 aromatic rings. The predicted octanol–water partition coefficient (Wildman–Crippen LogP) is 4.57. The molecule has 1 amide bonds. The van der Waals surface area contributed by atoms with Gasteiger partial charge in [0.1, 0.15) is 17.2 Å². The zero-order valence-electron chi connectivity index (χ0n) is 17.6. The third-order valence-corrected chi connectivity index (χ3v) is 4.88. The van der Waals surface area contributed by atoms with Crippen LogP contribution in [0.4, 0.5) is 0 Å². The van der Waals surface area contributed by atoms with Crippen molar-refractivity contribution in [2.75, 3.05) is 7.05 Å². The average molecular weight is 412 g/mol. The van der Waals surface area contributed by atoms with E-state index in [0.29, 0.717) is 13.1 Å². The molecule has 6 nitrogen and oxygen atoms in total. The molecular weight excluding hydrogens is 388 g/mol. The van der Waals surface area contributed by atoms with Gasteiger partial charge in [0.2, 0.25) is 5.91 Å². The van der Waals surface area contributed by atoms with Crippen LogP contribution in [-0.4, -0.2) is 32.6 Å². The zero-order valence-corrected chi connectivity index (χ0v) is 17.6. The van der Waals surface area contributed by atoms with Gasteiger partial charge in [-0.3, -0.25) is 14.5 Å². The molecule has 0 saturated carbocycles. The number of hydrogen-bond acceptors (Lipinski definition) is 4. The number of benzene rings is 1. The fourth-order valence-corrected chi connectivity index (χ4v) is 3.31. The Morgan fingerprint density at radius 2 is 1.97 bits per heavy atom. The van der Waals surface area contributed by atoms with Crippen molar-refractivity contribution in [2.45, 2.75) is 20.0 Å². The minimum Gasteiger partial charge on any atom is -0.464 e. The highest BCUT2D eigenvalue weighted by atomic mass is 16.3. The molecule has 0 radical (unpaired) electrons. The first-order chi connectivity index (χ1) is 15.1. The molecular formula is C25H24N4O2. The molecule has 0 aliphatic rings. The van der Waals surface area contributed by atoms with E-state index in [-0.39, 0.29) is 5.91 Å². The Hall–Kier alpha value is -3.93. The summed E-state index contributed by atoms with van der Waals surface area (Å²) < 4.78 is 7.45. The van der Waals surface area contributed by atoms with E-state index in [0.717, 1.165) is 33.9 Å². The second kappa shape index (κ2) is 9.26. The van der Waals surface area contributed by atoms with Crippen molar-refractivity contribution in [1.29, 1.82) is 0 Å². The van der Waals surface area contributed by atoms with Gasteiger partial charge in [0.15, 0.2) is 0 Å². The van der Waals surface area contributed by atoms with Gasteiger partial charge in [-0.2, -0.15) is 5.10 Å². The van der Waals surface area contributed by atoms with Crippen LogP contribution in [-0.2, 0) is 17.9 Å². The summed E-state index contributed by atoms with van der Waals surface area (Å²) in [4.78, 5) is 18.5. The number of nitrogens with zero attached hydrogens (tertiary/aromatic N) is 4. The smallest absolute Gasteiger partial charge is 0.246 e. The molecule has 0 aliphatic carbocycles. The number of aryl methyl sites for hydroxylation is 1. The molecule has 0 N–H and O–H groups in total. The molecule has 0 spiro atoms. The van der Waals surface area contributed by atoms with Crippen LogP contribution in [0.1, 0.15) is 22.6 Å². The molecule has 0 bridgehead atoms. The molecule has 0 unspecified atom stereocenters. The highest BCUT2D eigenvalue weighted by molar-refractivity contribution is 5.92. The second-order valence-corrected chi connectivity index (χ2v) is 7.40. The van der Waals surface area contributed by atoms with Crippen LogP contribution in [0.3, 0.4) is 0 Å². The van der Waals surface area contributed by atoms with Gasteiger partial charge in [0, 0.05) is 42.8 Å². The molecule has 4 rings (SSSR count). The van der Waals surface area contributed by atoms with Crippen molar-refractivity contribution in [3.8, 4) is 11.3 Å². The van der Waals surface area contributed by atoms with E-state index in [9.17, 15) is 4.79 Å². The quantitative estimate of drug-likeness (QED) is 0.417. The number of hydrogen-bond donors (Lipinski definition) is 0. The van der Waals surface area contributed by atoms with Gasteiger partial charge in [-0.05, 0) is 42.8 Å². The van der Waals surface area contributed by atoms with Crippen LogP contribution in [0.2, 0.25) is 0 Å². The molecule has 3 heterocycles. The standard InChI is InChI=1S/C25H24N4O2/c1-19-10-12-23(31-19)18-28(2)24(30)13-11-22-17-29(16-20-7-4-3-5-8-20)27-25(22)21-9-6-14-26-15-21/h3-15,17H,16,18H2,1-2H3/b13-11+. The summed E-state index contributed by atoms with van der Waals surface area (Å²) in [5.74, 6) is 1.48. The van der Waals surface area contributed by atoms with Gasteiger partial charge in [-0.25, -0.2) is 0 Å². The lowest BCUT2D eigenvalue weighted by atomic mass is 10.1. The fraction of sp³-hybridized carbons (Fsp3) is 0.160. The maximum absolute atomic E-state index is 12.6. The van der Waals surface area contributed by atoms with E-state index >= 15 is 0 Å². The molecule has 31 heavy (non-hydrogen) atoms. The van der Waals surface area contributed by atoms with Gasteiger partial charge >= 0.3 is 0 Å². The molecule has 0 atom stereocenters. The minimum absolute atomic E-state index is 0.109. The van der Waals surface area contributed by atoms with Gasteiger partial charge in [0.25, 0.3) is 0 Å². The first-order valence-electron chi connectivity index (χ1n) is 10.1. The summed E-state index contributed by atoms with van der Waals surface area (Å²) in [6.45, 7) is 2.95. The number of pyridine rings is 1. The van der Waals surface area contributed by atoms with Gasteiger partial charge < -0.3 is 9.32 Å². The van der Waals surface area contributed by atoms with Gasteiger partial charge in [-0.15, -0.1) is 0 Å². The van der Waals surface area contributed by atoms with E-state index < -0.39 is 0 Å². The SMILES string of the molecule is Cc1ccc(CN(C)C(=O)/C=C/c2cn(Cc3ccccc3)nc2-c2cccnc2)o1. The summed E-state index contributed by atoms with van der Waals surface area (Å²) >= 11 is 0. The average Bonchev–Trinajstić information content (AvgIpc) is 3.39. The second-order valence-electron chi connectivity index (χ2n) is 7.40. The van der Waals surface area contributed by atoms with Crippen LogP contribution < -0.4 is 0 Å². The summed E-state index contributed by atoms with van der Waals surface area (Å²) in [5, 5.41) is 4.75. The Labute approximate surface area is 181 Å². The minimum atomic E-state index is -0.109. The largest absolute Gasteiger partial charge is 0.464 e. The lowest BCUT2D eigenvalue weighted by Crippen LogP contribution is -2.23. The Balaban J connectivity index is 1.56. The van der Waals surface area contributed by atoms with Gasteiger partial charge in [0.05, 0.1) is 13.1 Å². The van der Waals surface area contributed by atoms with E-state index in [4.69, 9.17) is 9.52 Å². The molecule has 3 aromatic heterocycles. The highest BCUT2D eigenvalue weighted by Gasteiger charge is 2.12. The van der Waals surface area contributed by atoms with Crippen molar-refractivity contribution >= 4 is 12.0 Å². The number of carbonyl (C=O) groups is 1. The third-order valence-electron chi connectivity index (χ3n) is 4.88. The lowest BCUT2D eigenvalue weighted by molar-refractivity contribution is -0.125. The monoisotopic (exact) mass is 412 g/mol. The molecule has 0 saturated heterocycles. The molecule has 156 valence electrons. The summed E-state index contributed by atoms with van der Waals surface area (Å²) in [5.41, 5.74) is 3.71. The van der Waals surface area contributed by atoms with Crippen molar-refractivity contribution in [1.82, 2.24) is 19.7 Å². The number of aromatic nitrogens is 3. The van der Waals surface area contributed by atoms with Crippen molar-refractivity contribution in [3.63, 3.8) is 0 Å². The third kappa shape index (κ3) is 5.17. The van der Waals surface area contributed by atoms with Crippen molar-refractivity contribution in [2.24, 2.45) is 0 Å². The topological polar surface area (TPSA) is 64.2 Å². The van der Waals surface area contributed by atoms with Crippen molar-refractivity contribution in [3.05, 3.63) is 102 Å². The number of amides is 1. The number of likely N-dealkylation sites (N-methyl/N-ethyl adjacent to an activating group) is 1. The van der Waals surface area contributed by atoms with E-state index in [2.05, 4.69) is 17.1 Å². The van der Waals surface area contributed by atoms with E-state index in [1.807, 2.05) is 66.3 Å².